The minimum absolute atomic E-state index is 0.511. The lowest BCUT2D eigenvalue weighted by atomic mass is 9.87. The van der Waals surface area contributed by atoms with Crippen LogP contribution < -0.4 is 5.32 Å². The lowest BCUT2D eigenvalue weighted by molar-refractivity contribution is 0.167. The summed E-state index contributed by atoms with van der Waals surface area (Å²) >= 11 is 0. The van der Waals surface area contributed by atoms with Crippen molar-refractivity contribution in [1.29, 1.82) is 0 Å². The number of hydrogen-bond acceptors (Lipinski definition) is 2. The Kier molecular flexibility index (Phi) is 3.60. The van der Waals surface area contributed by atoms with E-state index in [-0.39, 0.29) is 0 Å². The first-order valence-corrected chi connectivity index (χ1v) is 6.80. The molecule has 2 rings (SSSR count). The van der Waals surface area contributed by atoms with Crippen LogP contribution in [0.5, 0.6) is 0 Å². The highest BCUT2D eigenvalue weighted by Gasteiger charge is 2.43. The molecule has 0 saturated heterocycles. The standard InChI is InChI=1S/C14H27NO/c1-13(2)6-4-5-12(13)15-11-14(7-8-14)9-10-16-3/h12,15H,4-11H2,1-3H3. The van der Waals surface area contributed by atoms with Gasteiger partial charge in [0.05, 0.1) is 0 Å². The van der Waals surface area contributed by atoms with Gasteiger partial charge in [0, 0.05) is 26.3 Å². The molecule has 2 nitrogen and oxygen atoms in total. The zero-order valence-electron chi connectivity index (χ0n) is 11.1. The molecule has 0 aromatic carbocycles. The van der Waals surface area contributed by atoms with Crippen molar-refractivity contribution in [3.8, 4) is 0 Å². The predicted octanol–water partition coefficient (Wildman–Crippen LogP) is 2.97. The van der Waals surface area contributed by atoms with E-state index >= 15 is 0 Å². The van der Waals surface area contributed by atoms with Crippen molar-refractivity contribution in [1.82, 2.24) is 5.32 Å². The molecule has 94 valence electrons. The summed E-state index contributed by atoms with van der Waals surface area (Å²) in [6.45, 7) is 6.96. The van der Waals surface area contributed by atoms with Gasteiger partial charge >= 0.3 is 0 Å². The molecule has 0 bridgehead atoms. The molecule has 2 saturated carbocycles. The Morgan fingerprint density at radius 3 is 2.50 bits per heavy atom. The Labute approximate surface area is 100 Å². The molecule has 0 aromatic heterocycles. The lowest BCUT2D eigenvalue weighted by Gasteiger charge is -2.30. The van der Waals surface area contributed by atoms with Gasteiger partial charge in [0.1, 0.15) is 0 Å². The fourth-order valence-corrected chi connectivity index (χ4v) is 3.06. The van der Waals surface area contributed by atoms with Gasteiger partial charge in [-0.15, -0.1) is 0 Å². The zero-order valence-corrected chi connectivity index (χ0v) is 11.1. The van der Waals surface area contributed by atoms with E-state index in [1.54, 1.807) is 0 Å². The number of nitrogens with one attached hydrogen (secondary N) is 1. The van der Waals surface area contributed by atoms with Crippen LogP contribution in [0.4, 0.5) is 0 Å². The summed E-state index contributed by atoms with van der Waals surface area (Å²) < 4.78 is 5.20. The van der Waals surface area contributed by atoms with Crippen molar-refractivity contribution in [2.75, 3.05) is 20.3 Å². The van der Waals surface area contributed by atoms with E-state index in [4.69, 9.17) is 4.74 Å². The summed E-state index contributed by atoms with van der Waals surface area (Å²) in [5, 5.41) is 3.83. The Hall–Kier alpha value is -0.0800. The number of methoxy groups -OCH3 is 1. The van der Waals surface area contributed by atoms with Crippen LogP contribution in [0.2, 0.25) is 0 Å². The summed E-state index contributed by atoms with van der Waals surface area (Å²) in [5.41, 5.74) is 1.10. The van der Waals surface area contributed by atoms with E-state index in [1.807, 2.05) is 7.11 Å². The van der Waals surface area contributed by atoms with Crippen molar-refractivity contribution in [2.45, 2.75) is 58.4 Å². The zero-order chi connectivity index (χ0) is 11.6. The first kappa shape index (κ1) is 12.4. The van der Waals surface area contributed by atoms with Crippen molar-refractivity contribution >= 4 is 0 Å². The molecule has 2 heteroatoms. The molecule has 1 unspecified atom stereocenters. The Bertz CT molecular complexity index is 233. The highest BCUT2D eigenvalue weighted by Crippen LogP contribution is 2.49. The fraction of sp³-hybridized carbons (Fsp3) is 1.00. The Balaban J connectivity index is 1.75. The van der Waals surface area contributed by atoms with Crippen molar-refractivity contribution in [3.63, 3.8) is 0 Å². The van der Waals surface area contributed by atoms with Gasteiger partial charge in [-0.1, -0.05) is 20.3 Å². The lowest BCUT2D eigenvalue weighted by Crippen LogP contribution is -2.40. The normalized spacial score (nSPS) is 30.6. The Morgan fingerprint density at radius 1 is 1.25 bits per heavy atom. The maximum atomic E-state index is 5.20. The molecule has 0 amide bonds. The maximum Gasteiger partial charge on any atom is 0.0468 e. The molecule has 1 atom stereocenters. The molecule has 2 aliphatic rings. The predicted molar refractivity (Wildman–Crippen MR) is 67.6 cm³/mol. The number of ether oxygens (including phenoxy) is 1. The highest BCUT2D eigenvalue weighted by atomic mass is 16.5. The van der Waals surface area contributed by atoms with E-state index in [0.717, 1.165) is 12.6 Å². The quantitative estimate of drug-likeness (QED) is 0.750. The third kappa shape index (κ3) is 2.78. The molecule has 0 radical (unpaired) electrons. The average molecular weight is 225 g/mol. The molecular formula is C14H27NO. The molecular weight excluding hydrogens is 198 g/mol. The first-order valence-electron chi connectivity index (χ1n) is 6.80. The molecule has 2 fully saturated rings. The van der Waals surface area contributed by atoms with E-state index in [2.05, 4.69) is 19.2 Å². The second kappa shape index (κ2) is 4.66. The van der Waals surface area contributed by atoms with E-state index in [9.17, 15) is 0 Å². The smallest absolute Gasteiger partial charge is 0.0468 e. The van der Waals surface area contributed by atoms with Gasteiger partial charge in [-0.05, 0) is 42.9 Å². The van der Waals surface area contributed by atoms with Gasteiger partial charge in [0.25, 0.3) is 0 Å². The van der Waals surface area contributed by atoms with Gasteiger partial charge < -0.3 is 10.1 Å². The summed E-state index contributed by atoms with van der Waals surface area (Å²) in [5.74, 6) is 0. The second-order valence-corrected chi connectivity index (χ2v) is 6.56. The summed E-state index contributed by atoms with van der Waals surface area (Å²) in [6.07, 6.45) is 8.19. The topological polar surface area (TPSA) is 21.3 Å². The second-order valence-electron chi connectivity index (χ2n) is 6.56. The van der Waals surface area contributed by atoms with Crippen LogP contribution in [0.1, 0.15) is 52.4 Å². The van der Waals surface area contributed by atoms with Gasteiger partial charge in [-0.25, -0.2) is 0 Å². The van der Waals surface area contributed by atoms with Crippen LogP contribution in [0, 0.1) is 10.8 Å². The van der Waals surface area contributed by atoms with Crippen LogP contribution in [-0.2, 0) is 4.74 Å². The monoisotopic (exact) mass is 225 g/mol. The molecule has 0 aromatic rings. The van der Waals surface area contributed by atoms with Gasteiger partial charge in [0.2, 0.25) is 0 Å². The van der Waals surface area contributed by atoms with Crippen LogP contribution >= 0.6 is 0 Å². The molecule has 1 N–H and O–H groups in total. The molecule has 2 aliphatic carbocycles. The summed E-state index contributed by atoms with van der Waals surface area (Å²) in [7, 11) is 1.81. The van der Waals surface area contributed by atoms with Crippen molar-refractivity contribution in [3.05, 3.63) is 0 Å². The van der Waals surface area contributed by atoms with Gasteiger partial charge in [-0.2, -0.15) is 0 Å². The SMILES string of the molecule is COCCC1(CNC2CCCC2(C)C)CC1. The molecule has 0 spiro atoms. The third-order valence-corrected chi connectivity index (χ3v) is 4.77. The van der Waals surface area contributed by atoms with Crippen molar-refractivity contribution in [2.24, 2.45) is 10.8 Å². The van der Waals surface area contributed by atoms with Crippen LogP contribution in [0.3, 0.4) is 0 Å². The highest BCUT2D eigenvalue weighted by molar-refractivity contribution is 4.98. The maximum absolute atomic E-state index is 5.20. The van der Waals surface area contributed by atoms with E-state index < -0.39 is 0 Å². The van der Waals surface area contributed by atoms with E-state index in [0.29, 0.717) is 10.8 Å². The van der Waals surface area contributed by atoms with Crippen LogP contribution in [0.25, 0.3) is 0 Å². The van der Waals surface area contributed by atoms with E-state index in [1.165, 1.54) is 45.1 Å². The average Bonchev–Trinajstić information content (AvgIpc) is 2.93. The molecule has 0 aliphatic heterocycles. The van der Waals surface area contributed by atoms with Crippen LogP contribution in [-0.4, -0.2) is 26.3 Å². The minimum atomic E-state index is 0.511. The minimum Gasteiger partial charge on any atom is -0.385 e. The van der Waals surface area contributed by atoms with Crippen LogP contribution in [0.15, 0.2) is 0 Å². The molecule has 0 heterocycles. The van der Waals surface area contributed by atoms with Gasteiger partial charge in [0.15, 0.2) is 0 Å². The largest absolute Gasteiger partial charge is 0.385 e. The van der Waals surface area contributed by atoms with Crippen molar-refractivity contribution < 1.29 is 4.74 Å². The fourth-order valence-electron chi connectivity index (χ4n) is 3.06. The molecule has 16 heavy (non-hydrogen) atoms. The number of rotatable bonds is 6. The summed E-state index contributed by atoms with van der Waals surface area (Å²) in [4.78, 5) is 0. The Morgan fingerprint density at radius 2 is 2.00 bits per heavy atom. The third-order valence-electron chi connectivity index (χ3n) is 4.77. The first-order chi connectivity index (χ1) is 7.58. The number of hydrogen-bond donors (Lipinski definition) is 1. The summed E-state index contributed by atoms with van der Waals surface area (Å²) in [6, 6.07) is 0.743. The van der Waals surface area contributed by atoms with Gasteiger partial charge in [-0.3, -0.25) is 0 Å².